The molecule has 3 aromatic rings. The van der Waals surface area contributed by atoms with E-state index >= 15 is 0 Å². The highest BCUT2D eigenvalue weighted by Gasteiger charge is 2.33. The first-order valence-corrected chi connectivity index (χ1v) is 10.4. The number of pyridine rings is 1. The van der Waals surface area contributed by atoms with Gasteiger partial charge in [-0.2, -0.15) is 4.31 Å². The lowest BCUT2D eigenvalue weighted by Gasteiger charge is -2.30. The minimum absolute atomic E-state index is 0.155. The molecular formula is C18H17ClN4O3S. The van der Waals surface area contributed by atoms with Crippen molar-refractivity contribution >= 4 is 21.6 Å². The molecule has 1 unspecified atom stereocenters. The zero-order valence-corrected chi connectivity index (χ0v) is 15.9. The smallest absolute Gasteiger partial charge is 0.266 e. The molecule has 1 aliphatic heterocycles. The third-order valence-corrected chi connectivity index (χ3v) is 6.59. The normalized spacial score (nSPS) is 18.5. The Morgan fingerprint density at radius 3 is 2.81 bits per heavy atom. The third kappa shape index (κ3) is 3.73. The maximum Gasteiger partial charge on any atom is 0.266 e. The zero-order valence-electron chi connectivity index (χ0n) is 14.3. The average molecular weight is 405 g/mol. The van der Waals surface area contributed by atoms with Crippen LogP contribution in [0.4, 0.5) is 0 Å². The summed E-state index contributed by atoms with van der Waals surface area (Å²) >= 11 is 5.95. The molecule has 7 nitrogen and oxygen atoms in total. The topological polar surface area (TPSA) is 89.2 Å². The van der Waals surface area contributed by atoms with Gasteiger partial charge in [-0.25, -0.2) is 8.42 Å². The number of aromatic nitrogens is 3. The zero-order chi connectivity index (χ0) is 18.9. The van der Waals surface area contributed by atoms with Gasteiger partial charge in [-0.1, -0.05) is 23.7 Å². The van der Waals surface area contributed by atoms with Crippen molar-refractivity contribution in [2.24, 2.45) is 0 Å². The molecule has 0 spiro atoms. The monoisotopic (exact) mass is 404 g/mol. The van der Waals surface area contributed by atoms with Crippen LogP contribution in [-0.4, -0.2) is 41.0 Å². The summed E-state index contributed by atoms with van der Waals surface area (Å²) < 4.78 is 33.1. The van der Waals surface area contributed by atoms with E-state index in [9.17, 15) is 8.42 Å². The fourth-order valence-corrected chi connectivity index (χ4v) is 4.96. The first-order chi connectivity index (χ1) is 13.0. The Hall–Kier alpha value is -2.29. The molecule has 9 heteroatoms. The molecular weight excluding hydrogens is 388 g/mol. The summed E-state index contributed by atoms with van der Waals surface area (Å²) in [6.45, 7) is 0.741. The van der Waals surface area contributed by atoms with E-state index in [1.54, 1.807) is 36.5 Å². The molecule has 1 atom stereocenters. The summed E-state index contributed by atoms with van der Waals surface area (Å²) in [5.41, 5.74) is 0.593. The second kappa shape index (κ2) is 7.38. The summed E-state index contributed by atoms with van der Waals surface area (Å²) in [5, 5.41) is 8.56. The molecule has 0 radical (unpaired) electrons. The summed E-state index contributed by atoms with van der Waals surface area (Å²) in [7, 11) is -3.62. The maximum absolute atomic E-state index is 12.9. The Morgan fingerprint density at radius 1 is 1.15 bits per heavy atom. The lowest BCUT2D eigenvalue weighted by Crippen LogP contribution is -2.39. The van der Waals surface area contributed by atoms with Gasteiger partial charge in [-0.3, -0.25) is 4.98 Å². The Bertz CT molecular complexity index is 1040. The summed E-state index contributed by atoms with van der Waals surface area (Å²) in [6, 6.07) is 11.7. The maximum atomic E-state index is 12.9. The van der Waals surface area contributed by atoms with Gasteiger partial charge in [0.1, 0.15) is 5.69 Å². The van der Waals surface area contributed by atoms with Gasteiger partial charge < -0.3 is 4.42 Å². The van der Waals surface area contributed by atoms with Gasteiger partial charge in [0.2, 0.25) is 15.9 Å². The summed E-state index contributed by atoms with van der Waals surface area (Å²) in [6.07, 6.45) is 3.15. The van der Waals surface area contributed by atoms with Crippen molar-refractivity contribution in [3.05, 3.63) is 59.6 Å². The molecule has 2 aromatic heterocycles. The fraction of sp³-hybridized carbons (Fsp3) is 0.278. The van der Waals surface area contributed by atoms with Crippen molar-refractivity contribution in [1.82, 2.24) is 19.5 Å². The van der Waals surface area contributed by atoms with Crippen LogP contribution in [0.25, 0.3) is 11.6 Å². The van der Waals surface area contributed by atoms with Crippen molar-refractivity contribution in [3.63, 3.8) is 0 Å². The number of benzene rings is 1. The average Bonchev–Trinajstić information content (AvgIpc) is 3.19. The molecule has 0 N–H and O–H groups in total. The van der Waals surface area contributed by atoms with Gasteiger partial charge in [0.15, 0.2) is 0 Å². The van der Waals surface area contributed by atoms with Crippen LogP contribution >= 0.6 is 11.6 Å². The van der Waals surface area contributed by atoms with Crippen LogP contribution in [0, 0.1) is 0 Å². The van der Waals surface area contributed by atoms with E-state index in [0.29, 0.717) is 42.0 Å². The highest BCUT2D eigenvalue weighted by atomic mass is 35.5. The van der Waals surface area contributed by atoms with E-state index in [1.807, 2.05) is 6.07 Å². The quantitative estimate of drug-likeness (QED) is 0.662. The number of hydrogen-bond donors (Lipinski definition) is 0. The van der Waals surface area contributed by atoms with Crippen LogP contribution in [0.3, 0.4) is 0 Å². The summed E-state index contributed by atoms with van der Waals surface area (Å²) in [4.78, 5) is 4.38. The third-order valence-electron chi connectivity index (χ3n) is 4.49. The standard InChI is InChI=1S/C18H17ClN4O3S/c19-14-6-3-7-15(11-14)27(24,25)23-10-4-5-13(12-23)17-21-22-18(26-17)16-8-1-2-9-20-16/h1-3,6-9,11,13H,4-5,10,12H2. The molecule has 0 amide bonds. The highest BCUT2D eigenvalue weighted by Crippen LogP contribution is 2.31. The molecule has 0 bridgehead atoms. The molecule has 1 aromatic carbocycles. The lowest BCUT2D eigenvalue weighted by molar-refractivity contribution is 0.286. The number of hydrogen-bond acceptors (Lipinski definition) is 6. The highest BCUT2D eigenvalue weighted by molar-refractivity contribution is 7.89. The lowest BCUT2D eigenvalue weighted by atomic mass is 10.00. The van der Waals surface area contributed by atoms with Crippen molar-refractivity contribution in [1.29, 1.82) is 0 Å². The number of nitrogens with zero attached hydrogens (tertiary/aromatic N) is 4. The number of rotatable bonds is 4. The van der Waals surface area contributed by atoms with E-state index in [1.165, 1.54) is 10.4 Å². The van der Waals surface area contributed by atoms with Crippen LogP contribution in [0.1, 0.15) is 24.7 Å². The van der Waals surface area contributed by atoms with E-state index in [0.717, 1.165) is 6.42 Å². The van der Waals surface area contributed by atoms with Crippen LogP contribution in [0.15, 0.2) is 58.0 Å². The number of sulfonamides is 1. The molecule has 1 saturated heterocycles. The van der Waals surface area contributed by atoms with Gasteiger partial charge in [-0.15, -0.1) is 10.2 Å². The fourth-order valence-electron chi connectivity index (χ4n) is 3.13. The Labute approximate surface area is 162 Å². The Morgan fingerprint density at radius 2 is 2.04 bits per heavy atom. The minimum atomic E-state index is -3.62. The second-order valence-corrected chi connectivity index (χ2v) is 8.69. The van der Waals surface area contributed by atoms with E-state index < -0.39 is 10.0 Å². The first-order valence-electron chi connectivity index (χ1n) is 8.54. The van der Waals surface area contributed by atoms with Crippen LogP contribution in [-0.2, 0) is 10.0 Å². The van der Waals surface area contributed by atoms with Crippen molar-refractivity contribution in [3.8, 4) is 11.6 Å². The number of piperidine rings is 1. The first kappa shape index (κ1) is 18.1. The molecule has 0 saturated carbocycles. The van der Waals surface area contributed by atoms with Crippen molar-refractivity contribution < 1.29 is 12.8 Å². The van der Waals surface area contributed by atoms with Gasteiger partial charge >= 0.3 is 0 Å². The second-order valence-electron chi connectivity index (χ2n) is 6.32. The van der Waals surface area contributed by atoms with E-state index in [-0.39, 0.29) is 10.8 Å². The SMILES string of the molecule is O=S(=O)(c1cccc(Cl)c1)N1CCCC(c2nnc(-c3ccccn3)o2)C1. The van der Waals surface area contributed by atoms with Crippen molar-refractivity contribution in [2.45, 2.75) is 23.7 Å². The Kier molecular flexibility index (Phi) is 4.94. The van der Waals surface area contributed by atoms with E-state index in [2.05, 4.69) is 15.2 Å². The van der Waals surface area contributed by atoms with Gasteiger partial charge in [0.05, 0.1) is 10.8 Å². The van der Waals surface area contributed by atoms with Gasteiger partial charge in [-0.05, 0) is 43.2 Å². The predicted molar refractivity (Wildman–Crippen MR) is 99.7 cm³/mol. The van der Waals surface area contributed by atoms with Crippen molar-refractivity contribution in [2.75, 3.05) is 13.1 Å². The van der Waals surface area contributed by atoms with Crippen LogP contribution in [0.2, 0.25) is 5.02 Å². The molecule has 3 heterocycles. The minimum Gasteiger partial charge on any atom is -0.419 e. The predicted octanol–water partition coefficient (Wildman–Crippen LogP) is 3.35. The van der Waals surface area contributed by atoms with Crippen LogP contribution in [0.5, 0.6) is 0 Å². The Balaban J connectivity index is 1.56. The summed E-state index contributed by atoms with van der Waals surface area (Å²) in [5.74, 6) is 0.611. The largest absolute Gasteiger partial charge is 0.419 e. The molecule has 140 valence electrons. The number of halogens is 1. The molecule has 27 heavy (non-hydrogen) atoms. The molecule has 1 aliphatic rings. The van der Waals surface area contributed by atoms with Crippen LogP contribution < -0.4 is 0 Å². The molecule has 1 fully saturated rings. The molecule has 4 rings (SSSR count). The molecule has 0 aliphatic carbocycles. The van der Waals surface area contributed by atoms with E-state index in [4.69, 9.17) is 16.0 Å². The van der Waals surface area contributed by atoms with Gasteiger partial charge in [0, 0.05) is 24.3 Å². The van der Waals surface area contributed by atoms with Gasteiger partial charge in [0.25, 0.3) is 5.89 Å².